The Morgan fingerprint density at radius 2 is 1.46 bits per heavy atom. The summed E-state index contributed by atoms with van der Waals surface area (Å²) in [4.78, 5) is 11.1. The summed E-state index contributed by atoms with van der Waals surface area (Å²) in [6, 6.07) is 0. The van der Waals surface area contributed by atoms with Gasteiger partial charge < -0.3 is 9.47 Å². The number of ether oxygens (including phenoxy) is 2. The van der Waals surface area contributed by atoms with E-state index in [4.69, 9.17) is 4.74 Å². The third-order valence-electron chi connectivity index (χ3n) is 3.30. The molecule has 0 aliphatic heterocycles. The summed E-state index contributed by atoms with van der Waals surface area (Å²) in [5, 5.41) is 0. The van der Waals surface area contributed by atoms with Crippen LogP contribution in [-0.4, -0.2) is 25.0 Å². The maximum atomic E-state index is 12.3. The summed E-state index contributed by atoms with van der Waals surface area (Å²) in [5.41, 5.74) is -2.59. The molecule has 0 radical (unpaired) electrons. The molecule has 0 aliphatic carbocycles. The fraction of sp³-hybridized carbons (Fsp3) is 0.812. The van der Waals surface area contributed by atoms with Gasteiger partial charge in [0.15, 0.2) is 6.29 Å². The highest BCUT2D eigenvalue weighted by Gasteiger charge is 2.44. The first-order valence-corrected chi connectivity index (χ1v) is 8.15. The van der Waals surface area contributed by atoms with E-state index in [1.165, 1.54) is 32.6 Å². The van der Waals surface area contributed by atoms with Crippen molar-refractivity contribution in [3.8, 4) is 0 Å². The zero-order valence-electron chi connectivity index (χ0n) is 14.1. The standard InChI is InChI=1S/C16H25F5O3/c1-3-4-5-6-7-8-9-10-11-23-12(2)24-15(22)13(14(17)18)16(19,20)21/h12H,3-11H2,1-2H3. The zero-order valence-corrected chi connectivity index (χ0v) is 14.1. The number of hydrogen-bond donors (Lipinski definition) is 0. The Kier molecular flexibility index (Phi) is 11.6. The highest BCUT2D eigenvalue weighted by atomic mass is 19.4. The molecule has 0 spiro atoms. The lowest BCUT2D eigenvalue weighted by molar-refractivity contribution is -0.179. The Hall–Kier alpha value is -1.18. The van der Waals surface area contributed by atoms with Crippen molar-refractivity contribution < 1.29 is 36.2 Å². The molecule has 24 heavy (non-hydrogen) atoms. The van der Waals surface area contributed by atoms with Crippen LogP contribution in [-0.2, 0) is 14.3 Å². The van der Waals surface area contributed by atoms with Gasteiger partial charge in [0.2, 0.25) is 5.57 Å². The Morgan fingerprint density at radius 3 is 1.92 bits per heavy atom. The Morgan fingerprint density at radius 1 is 0.958 bits per heavy atom. The lowest BCUT2D eigenvalue weighted by Gasteiger charge is -2.16. The van der Waals surface area contributed by atoms with Crippen LogP contribution in [0.4, 0.5) is 22.0 Å². The van der Waals surface area contributed by atoms with Gasteiger partial charge in [-0.3, -0.25) is 0 Å². The van der Waals surface area contributed by atoms with E-state index in [1.54, 1.807) is 0 Å². The van der Waals surface area contributed by atoms with Crippen molar-refractivity contribution in [1.29, 1.82) is 0 Å². The summed E-state index contributed by atoms with van der Waals surface area (Å²) >= 11 is 0. The minimum Gasteiger partial charge on any atom is -0.432 e. The summed E-state index contributed by atoms with van der Waals surface area (Å²) in [6.07, 6.45) is -1.44. The number of carbonyl (C=O) groups excluding carboxylic acids is 1. The normalized spacial score (nSPS) is 12.8. The molecule has 0 heterocycles. The van der Waals surface area contributed by atoms with E-state index in [9.17, 15) is 26.7 Å². The molecule has 0 aliphatic rings. The van der Waals surface area contributed by atoms with Crippen LogP contribution in [0.5, 0.6) is 0 Å². The van der Waals surface area contributed by atoms with E-state index in [0.29, 0.717) is 6.42 Å². The lowest BCUT2D eigenvalue weighted by Crippen LogP contribution is -2.27. The molecule has 1 unspecified atom stereocenters. The summed E-state index contributed by atoms with van der Waals surface area (Å²) in [7, 11) is 0. The van der Waals surface area contributed by atoms with E-state index in [-0.39, 0.29) is 6.61 Å². The molecule has 0 aromatic rings. The highest BCUT2D eigenvalue weighted by Crippen LogP contribution is 2.30. The Bertz CT molecular complexity index is 390. The molecule has 0 fully saturated rings. The maximum absolute atomic E-state index is 12.3. The number of hydrogen-bond acceptors (Lipinski definition) is 3. The van der Waals surface area contributed by atoms with Gasteiger partial charge in [-0.1, -0.05) is 51.9 Å². The molecule has 0 saturated heterocycles. The van der Waals surface area contributed by atoms with Crippen molar-refractivity contribution in [2.45, 2.75) is 77.7 Å². The van der Waals surface area contributed by atoms with Gasteiger partial charge in [-0.15, -0.1) is 0 Å². The van der Waals surface area contributed by atoms with Crippen molar-refractivity contribution in [2.75, 3.05) is 6.61 Å². The number of rotatable bonds is 12. The molecular formula is C16H25F5O3. The van der Waals surface area contributed by atoms with Crippen molar-refractivity contribution in [3.63, 3.8) is 0 Å². The van der Waals surface area contributed by atoms with Crippen molar-refractivity contribution in [2.24, 2.45) is 0 Å². The molecule has 0 N–H and O–H groups in total. The van der Waals surface area contributed by atoms with Gasteiger partial charge in [0.25, 0.3) is 6.08 Å². The van der Waals surface area contributed by atoms with Gasteiger partial charge in [0.1, 0.15) is 0 Å². The van der Waals surface area contributed by atoms with E-state index in [1.807, 2.05) is 0 Å². The van der Waals surface area contributed by atoms with Crippen LogP contribution in [0.15, 0.2) is 11.7 Å². The minimum absolute atomic E-state index is 0.187. The van der Waals surface area contributed by atoms with Gasteiger partial charge in [0, 0.05) is 0 Å². The molecule has 0 rings (SSSR count). The SMILES string of the molecule is CCCCCCCCCCOC(C)OC(=O)C(=C(F)F)C(F)(F)F. The van der Waals surface area contributed by atoms with Gasteiger partial charge in [-0.25, -0.2) is 4.79 Å². The van der Waals surface area contributed by atoms with E-state index >= 15 is 0 Å². The van der Waals surface area contributed by atoms with Gasteiger partial charge in [-0.05, 0) is 13.3 Å². The quantitative estimate of drug-likeness (QED) is 0.146. The van der Waals surface area contributed by atoms with Crippen molar-refractivity contribution >= 4 is 5.97 Å². The average Bonchev–Trinajstić information content (AvgIpc) is 2.43. The van der Waals surface area contributed by atoms with Crippen LogP contribution in [0.2, 0.25) is 0 Å². The molecule has 0 aromatic heterocycles. The van der Waals surface area contributed by atoms with E-state index in [0.717, 1.165) is 19.3 Å². The first kappa shape index (κ1) is 22.8. The fourth-order valence-electron chi connectivity index (χ4n) is 2.03. The van der Waals surface area contributed by atoms with Crippen LogP contribution in [0.1, 0.15) is 65.2 Å². The molecule has 8 heteroatoms. The topological polar surface area (TPSA) is 35.5 Å². The second-order valence-corrected chi connectivity index (χ2v) is 5.45. The molecule has 0 amide bonds. The van der Waals surface area contributed by atoms with Crippen LogP contribution in [0, 0.1) is 0 Å². The zero-order chi connectivity index (χ0) is 18.6. The summed E-state index contributed by atoms with van der Waals surface area (Å²) in [5.74, 6) is -2.13. The van der Waals surface area contributed by atoms with Crippen LogP contribution in [0.25, 0.3) is 0 Å². The monoisotopic (exact) mass is 360 g/mol. The summed E-state index contributed by atoms with van der Waals surface area (Å²) < 4.78 is 70.6. The van der Waals surface area contributed by atoms with Gasteiger partial charge in [-0.2, -0.15) is 22.0 Å². The highest BCUT2D eigenvalue weighted by molar-refractivity contribution is 5.90. The molecular weight excluding hydrogens is 335 g/mol. The van der Waals surface area contributed by atoms with Crippen LogP contribution >= 0.6 is 0 Å². The third-order valence-corrected chi connectivity index (χ3v) is 3.30. The predicted octanol–water partition coefficient (Wildman–Crippen LogP) is 5.75. The van der Waals surface area contributed by atoms with Crippen molar-refractivity contribution in [1.82, 2.24) is 0 Å². The maximum Gasteiger partial charge on any atom is 0.428 e. The van der Waals surface area contributed by atoms with Gasteiger partial charge >= 0.3 is 12.1 Å². The Balaban J connectivity index is 3.92. The van der Waals surface area contributed by atoms with E-state index in [2.05, 4.69) is 11.7 Å². The molecule has 0 aromatic carbocycles. The summed E-state index contributed by atoms with van der Waals surface area (Å²) in [6.45, 7) is 3.51. The molecule has 1 atom stereocenters. The second kappa shape index (κ2) is 12.2. The average molecular weight is 360 g/mol. The number of esters is 1. The fourth-order valence-corrected chi connectivity index (χ4v) is 2.03. The molecule has 0 bridgehead atoms. The largest absolute Gasteiger partial charge is 0.432 e. The van der Waals surface area contributed by atoms with Crippen molar-refractivity contribution in [3.05, 3.63) is 11.7 Å². The number of unbranched alkanes of at least 4 members (excludes halogenated alkanes) is 7. The molecule has 0 saturated carbocycles. The van der Waals surface area contributed by atoms with E-state index < -0.39 is 30.1 Å². The first-order valence-electron chi connectivity index (χ1n) is 8.15. The first-order chi connectivity index (χ1) is 11.2. The number of halogens is 5. The van der Waals surface area contributed by atoms with Crippen LogP contribution in [0.3, 0.4) is 0 Å². The van der Waals surface area contributed by atoms with Crippen LogP contribution < -0.4 is 0 Å². The molecule has 142 valence electrons. The number of carbonyl (C=O) groups is 1. The minimum atomic E-state index is -5.46. The lowest BCUT2D eigenvalue weighted by atomic mass is 10.1. The molecule has 3 nitrogen and oxygen atoms in total. The third kappa shape index (κ3) is 10.6. The smallest absolute Gasteiger partial charge is 0.428 e. The van der Waals surface area contributed by atoms with Gasteiger partial charge in [0.05, 0.1) is 6.61 Å². The Labute approximate surface area is 139 Å². The second-order valence-electron chi connectivity index (χ2n) is 5.45. The number of alkyl halides is 3. The predicted molar refractivity (Wildman–Crippen MR) is 79.4 cm³/mol.